The van der Waals surface area contributed by atoms with E-state index in [1.165, 1.54) is 0 Å². The van der Waals surface area contributed by atoms with Crippen LogP contribution in [0.3, 0.4) is 0 Å². The minimum atomic E-state index is -0.861. The minimum absolute atomic E-state index is 0.0366. The van der Waals surface area contributed by atoms with Gasteiger partial charge in [0.1, 0.15) is 5.65 Å². The number of carboxylic acids is 1. The third-order valence-electron chi connectivity index (χ3n) is 2.24. The lowest BCUT2D eigenvalue weighted by atomic mass is 10.2. The highest BCUT2D eigenvalue weighted by atomic mass is 79.9. The maximum Gasteiger partial charge on any atom is 0.309 e. The van der Waals surface area contributed by atoms with Gasteiger partial charge in [-0.15, -0.1) is 0 Å². The first-order chi connectivity index (χ1) is 7.08. The molecule has 0 fully saturated rings. The van der Waals surface area contributed by atoms with Gasteiger partial charge in [-0.3, -0.25) is 4.79 Å². The molecule has 0 aromatic carbocycles. The number of aliphatic carboxylic acids is 1. The average molecular weight is 269 g/mol. The second kappa shape index (κ2) is 3.66. The zero-order chi connectivity index (χ0) is 11.0. The zero-order valence-electron chi connectivity index (χ0n) is 8.07. The topological polar surface area (TPSA) is 54.6 Å². The van der Waals surface area contributed by atoms with Gasteiger partial charge >= 0.3 is 5.97 Å². The molecule has 4 nitrogen and oxygen atoms in total. The lowest BCUT2D eigenvalue weighted by Crippen LogP contribution is -2.02. The van der Waals surface area contributed by atoms with Crippen molar-refractivity contribution in [3.05, 3.63) is 34.2 Å². The Morgan fingerprint density at radius 1 is 1.67 bits per heavy atom. The van der Waals surface area contributed by atoms with E-state index in [1.54, 1.807) is 0 Å². The molecule has 0 amide bonds. The SMILES string of the molecule is Cc1c(CC(=O)O)nc2cc(Br)ccn12. The van der Waals surface area contributed by atoms with Crippen LogP contribution in [0, 0.1) is 6.92 Å². The number of aromatic nitrogens is 2. The summed E-state index contributed by atoms with van der Waals surface area (Å²) in [6.07, 6.45) is 1.83. The predicted molar refractivity (Wildman–Crippen MR) is 59.0 cm³/mol. The predicted octanol–water partition coefficient (Wildman–Crippen LogP) is 2.03. The fraction of sp³-hybridized carbons (Fsp3) is 0.200. The summed E-state index contributed by atoms with van der Waals surface area (Å²) in [7, 11) is 0. The normalized spacial score (nSPS) is 10.8. The summed E-state index contributed by atoms with van der Waals surface area (Å²) in [5.41, 5.74) is 2.25. The lowest BCUT2D eigenvalue weighted by Gasteiger charge is -1.96. The van der Waals surface area contributed by atoms with Crippen molar-refractivity contribution < 1.29 is 9.90 Å². The van der Waals surface area contributed by atoms with Crippen LogP contribution in [0.15, 0.2) is 22.8 Å². The fourth-order valence-electron chi connectivity index (χ4n) is 1.50. The van der Waals surface area contributed by atoms with E-state index in [0.717, 1.165) is 15.8 Å². The summed E-state index contributed by atoms with van der Waals surface area (Å²) < 4.78 is 2.81. The van der Waals surface area contributed by atoms with Gasteiger partial charge < -0.3 is 9.51 Å². The van der Waals surface area contributed by atoms with Crippen molar-refractivity contribution in [2.75, 3.05) is 0 Å². The van der Waals surface area contributed by atoms with Gasteiger partial charge in [0.15, 0.2) is 0 Å². The second-order valence-electron chi connectivity index (χ2n) is 3.29. The number of aryl methyl sites for hydroxylation is 1. The molecule has 0 aliphatic carbocycles. The maximum atomic E-state index is 10.6. The summed E-state index contributed by atoms with van der Waals surface area (Å²) in [5, 5.41) is 8.71. The Morgan fingerprint density at radius 3 is 3.07 bits per heavy atom. The van der Waals surface area contributed by atoms with Crippen LogP contribution in [0.2, 0.25) is 0 Å². The van der Waals surface area contributed by atoms with E-state index < -0.39 is 5.97 Å². The Morgan fingerprint density at radius 2 is 2.40 bits per heavy atom. The number of carboxylic acid groups (broad SMARTS) is 1. The standard InChI is InChI=1S/C10H9BrN2O2/c1-6-8(5-10(14)15)12-9-4-7(11)2-3-13(6)9/h2-4H,5H2,1H3,(H,14,15). The summed E-state index contributed by atoms with van der Waals surface area (Å²) in [6, 6.07) is 3.75. The number of carbonyl (C=O) groups is 1. The molecule has 15 heavy (non-hydrogen) atoms. The largest absolute Gasteiger partial charge is 0.481 e. The summed E-state index contributed by atoms with van der Waals surface area (Å²) in [4.78, 5) is 14.9. The molecule has 0 saturated heterocycles. The molecule has 0 saturated carbocycles. The van der Waals surface area contributed by atoms with Crippen LogP contribution < -0.4 is 0 Å². The van der Waals surface area contributed by atoms with Gasteiger partial charge in [0.05, 0.1) is 12.1 Å². The van der Waals surface area contributed by atoms with Gasteiger partial charge in [-0.25, -0.2) is 4.98 Å². The van der Waals surface area contributed by atoms with Gasteiger partial charge in [-0.2, -0.15) is 0 Å². The number of nitrogens with zero attached hydrogens (tertiary/aromatic N) is 2. The second-order valence-corrected chi connectivity index (χ2v) is 4.20. The van der Waals surface area contributed by atoms with Gasteiger partial charge in [-0.05, 0) is 19.1 Å². The number of hydrogen-bond acceptors (Lipinski definition) is 2. The first kappa shape index (κ1) is 10.2. The number of fused-ring (bicyclic) bond motifs is 1. The molecular formula is C10H9BrN2O2. The van der Waals surface area contributed by atoms with Crippen LogP contribution in [-0.4, -0.2) is 20.5 Å². The van der Waals surface area contributed by atoms with Gasteiger partial charge in [0.25, 0.3) is 0 Å². The van der Waals surface area contributed by atoms with Crippen LogP contribution in [0.4, 0.5) is 0 Å². The van der Waals surface area contributed by atoms with Crippen molar-refractivity contribution in [1.29, 1.82) is 0 Å². The third kappa shape index (κ3) is 1.87. The van der Waals surface area contributed by atoms with E-state index in [1.807, 2.05) is 29.7 Å². The number of imidazole rings is 1. The Kier molecular flexibility index (Phi) is 2.48. The van der Waals surface area contributed by atoms with Crippen LogP contribution in [-0.2, 0) is 11.2 Å². The minimum Gasteiger partial charge on any atom is -0.481 e. The molecule has 0 atom stereocenters. The summed E-state index contributed by atoms with van der Waals surface area (Å²) in [6.45, 7) is 1.87. The number of rotatable bonds is 2. The Bertz CT molecular complexity index is 533. The third-order valence-corrected chi connectivity index (χ3v) is 2.74. The molecule has 2 aromatic heterocycles. The monoisotopic (exact) mass is 268 g/mol. The highest BCUT2D eigenvalue weighted by molar-refractivity contribution is 9.10. The summed E-state index contributed by atoms with van der Waals surface area (Å²) >= 11 is 3.35. The molecule has 2 heterocycles. The van der Waals surface area contributed by atoms with Crippen LogP contribution in [0.1, 0.15) is 11.4 Å². The van der Waals surface area contributed by atoms with Crippen molar-refractivity contribution in [2.45, 2.75) is 13.3 Å². The van der Waals surface area contributed by atoms with Crippen LogP contribution >= 0.6 is 15.9 Å². The van der Waals surface area contributed by atoms with E-state index in [0.29, 0.717) is 5.69 Å². The average Bonchev–Trinajstić information content (AvgIpc) is 2.42. The van der Waals surface area contributed by atoms with Crippen LogP contribution in [0.5, 0.6) is 0 Å². The first-order valence-electron chi connectivity index (χ1n) is 4.43. The summed E-state index contributed by atoms with van der Waals surface area (Å²) in [5.74, 6) is -0.861. The van der Waals surface area contributed by atoms with Gasteiger partial charge in [0, 0.05) is 16.4 Å². The Balaban J connectivity index is 2.58. The highest BCUT2D eigenvalue weighted by Gasteiger charge is 2.11. The number of pyridine rings is 1. The molecule has 0 aliphatic rings. The highest BCUT2D eigenvalue weighted by Crippen LogP contribution is 2.16. The quantitative estimate of drug-likeness (QED) is 0.907. The maximum absolute atomic E-state index is 10.6. The molecule has 0 aliphatic heterocycles. The molecule has 78 valence electrons. The van der Waals surface area contributed by atoms with Gasteiger partial charge in [0.2, 0.25) is 0 Å². The molecule has 2 rings (SSSR count). The van der Waals surface area contributed by atoms with Gasteiger partial charge in [-0.1, -0.05) is 15.9 Å². The number of halogens is 1. The Hall–Kier alpha value is -1.36. The van der Waals surface area contributed by atoms with E-state index >= 15 is 0 Å². The molecule has 0 unspecified atom stereocenters. The lowest BCUT2D eigenvalue weighted by molar-refractivity contribution is -0.136. The van der Waals surface area contributed by atoms with Crippen molar-refractivity contribution in [3.63, 3.8) is 0 Å². The number of hydrogen-bond donors (Lipinski definition) is 1. The van der Waals surface area contributed by atoms with E-state index in [4.69, 9.17) is 5.11 Å². The smallest absolute Gasteiger partial charge is 0.309 e. The van der Waals surface area contributed by atoms with Crippen molar-refractivity contribution >= 4 is 27.5 Å². The molecule has 0 radical (unpaired) electrons. The van der Waals surface area contributed by atoms with Crippen LogP contribution in [0.25, 0.3) is 5.65 Å². The Labute approximate surface area is 94.7 Å². The van der Waals surface area contributed by atoms with E-state index in [9.17, 15) is 4.79 Å². The molecule has 2 aromatic rings. The molecular weight excluding hydrogens is 260 g/mol. The van der Waals surface area contributed by atoms with Crippen molar-refractivity contribution in [2.24, 2.45) is 0 Å². The van der Waals surface area contributed by atoms with Crippen molar-refractivity contribution in [3.8, 4) is 0 Å². The van der Waals surface area contributed by atoms with E-state index in [2.05, 4.69) is 20.9 Å². The molecule has 0 bridgehead atoms. The van der Waals surface area contributed by atoms with Crippen molar-refractivity contribution in [1.82, 2.24) is 9.38 Å². The molecule has 0 spiro atoms. The molecule has 5 heteroatoms. The fourth-order valence-corrected chi connectivity index (χ4v) is 1.82. The zero-order valence-corrected chi connectivity index (χ0v) is 9.65. The molecule has 1 N–H and O–H groups in total. The first-order valence-corrected chi connectivity index (χ1v) is 5.22. The van der Waals surface area contributed by atoms with E-state index in [-0.39, 0.29) is 6.42 Å².